The lowest BCUT2D eigenvalue weighted by Crippen LogP contribution is -2.09. The third kappa shape index (κ3) is 13.4. The topological polar surface area (TPSA) is 105 Å². The summed E-state index contributed by atoms with van der Waals surface area (Å²) in [5, 5.41) is 12.2. The van der Waals surface area contributed by atoms with Gasteiger partial charge in [-0.1, -0.05) is 94.2 Å². The Hall–Kier alpha value is -2.93. The fourth-order valence-corrected chi connectivity index (χ4v) is 3.04. The highest BCUT2D eigenvalue weighted by molar-refractivity contribution is 7.18. The summed E-state index contributed by atoms with van der Waals surface area (Å²) in [7, 11) is 1.76. The minimum absolute atomic E-state index is 0.00708. The van der Waals surface area contributed by atoms with Gasteiger partial charge in [0.2, 0.25) is 0 Å². The first-order chi connectivity index (χ1) is 15.3. The van der Waals surface area contributed by atoms with E-state index < -0.39 is 5.97 Å². The molecule has 7 heteroatoms. The van der Waals surface area contributed by atoms with Crippen molar-refractivity contribution < 1.29 is 14.7 Å². The van der Waals surface area contributed by atoms with E-state index in [0.29, 0.717) is 27.8 Å². The average molecular weight is 462 g/mol. The quantitative estimate of drug-likeness (QED) is 0.193. The Kier molecular flexibility index (Phi) is 19.5. The fourth-order valence-electron chi connectivity index (χ4n) is 2.16. The minimum atomic E-state index is -0.829. The molecular formula is C25H39N3O3S. The van der Waals surface area contributed by atoms with Crippen molar-refractivity contribution in [1.82, 2.24) is 4.98 Å². The van der Waals surface area contributed by atoms with E-state index >= 15 is 0 Å². The van der Waals surface area contributed by atoms with E-state index in [9.17, 15) is 9.59 Å². The number of Topliss-reactive ketones (excluding diaryl/α,β-unsaturated/α-hetero) is 1. The number of rotatable bonds is 11. The number of nitrogens with zero attached hydrogens (tertiary/aromatic N) is 1. The monoisotopic (exact) mass is 461 g/mol. The maximum absolute atomic E-state index is 12.1. The molecule has 1 aromatic rings. The van der Waals surface area contributed by atoms with Gasteiger partial charge in [-0.25, -0.2) is 9.78 Å². The van der Waals surface area contributed by atoms with Crippen LogP contribution in [0.2, 0.25) is 0 Å². The number of anilines is 2. The number of ketones is 1. The van der Waals surface area contributed by atoms with Crippen molar-refractivity contribution >= 4 is 34.0 Å². The highest BCUT2D eigenvalue weighted by Gasteiger charge is 2.19. The van der Waals surface area contributed by atoms with Gasteiger partial charge in [0, 0.05) is 18.5 Å². The van der Waals surface area contributed by atoms with Gasteiger partial charge >= 0.3 is 5.97 Å². The maximum atomic E-state index is 12.1. The molecule has 0 radical (unpaired) electrons. The van der Waals surface area contributed by atoms with E-state index in [1.165, 1.54) is 11.3 Å². The summed E-state index contributed by atoms with van der Waals surface area (Å²) < 4.78 is 0. The zero-order valence-corrected chi connectivity index (χ0v) is 21.0. The Morgan fingerprint density at radius 2 is 1.91 bits per heavy atom. The summed E-state index contributed by atoms with van der Waals surface area (Å²) in [6, 6.07) is 0. The van der Waals surface area contributed by atoms with Crippen LogP contribution in [-0.2, 0) is 4.79 Å². The SMILES string of the molecule is C=C/C=C\CC/C(=C\C)C(=O)O.CC.CC/C=C\C=C/C(C)C(=O)c1sc(NC)nc1N. The molecule has 0 spiro atoms. The molecule has 178 valence electrons. The second kappa shape index (κ2) is 20.0. The molecule has 0 bridgehead atoms. The lowest BCUT2D eigenvalue weighted by atomic mass is 10.0. The normalized spacial score (nSPS) is 12.1. The van der Waals surface area contributed by atoms with Gasteiger partial charge < -0.3 is 16.2 Å². The van der Waals surface area contributed by atoms with Gasteiger partial charge in [0.05, 0.1) is 0 Å². The first kappa shape index (κ1) is 31.3. The van der Waals surface area contributed by atoms with Crippen LogP contribution in [0, 0.1) is 5.92 Å². The number of nitrogens with two attached hydrogens (primary N) is 1. The van der Waals surface area contributed by atoms with Crippen LogP contribution in [0.5, 0.6) is 0 Å². The molecule has 1 heterocycles. The van der Waals surface area contributed by atoms with Crippen molar-refractivity contribution in [2.24, 2.45) is 5.92 Å². The summed E-state index contributed by atoms with van der Waals surface area (Å²) in [4.78, 5) is 27.2. The van der Waals surface area contributed by atoms with Crippen molar-refractivity contribution in [3.63, 3.8) is 0 Å². The second-order valence-electron chi connectivity index (χ2n) is 6.18. The number of thiazole rings is 1. The molecule has 0 fully saturated rings. The highest BCUT2D eigenvalue weighted by atomic mass is 32.1. The van der Waals surface area contributed by atoms with Crippen LogP contribution in [0.1, 0.15) is 63.6 Å². The average Bonchev–Trinajstić information content (AvgIpc) is 3.18. The highest BCUT2D eigenvalue weighted by Crippen LogP contribution is 2.27. The van der Waals surface area contributed by atoms with Gasteiger partial charge in [-0.2, -0.15) is 0 Å². The second-order valence-corrected chi connectivity index (χ2v) is 7.18. The molecule has 6 nitrogen and oxygen atoms in total. The van der Waals surface area contributed by atoms with Crippen molar-refractivity contribution in [3.8, 4) is 0 Å². The Balaban J connectivity index is 0. The third-order valence-corrected chi connectivity index (χ3v) is 4.97. The van der Waals surface area contributed by atoms with Gasteiger partial charge in [-0.3, -0.25) is 4.79 Å². The Morgan fingerprint density at radius 1 is 1.25 bits per heavy atom. The smallest absolute Gasteiger partial charge is 0.331 e. The lowest BCUT2D eigenvalue weighted by Gasteiger charge is -2.02. The molecule has 1 aromatic heterocycles. The number of carbonyl (C=O) groups is 2. The van der Waals surface area contributed by atoms with Crippen LogP contribution in [0.4, 0.5) is 10.9 Å². The standard InChI is InChI=1S/C13H19N3OS.C10H14O2.C2H6/c1-4-5-6-7-8-9(2)10(17)11-12(14)16-13(15-3)18-11;1-3-5-6-7-8-9(4-2)10(11)12;1-2/h5-9H,4,14H2,1-3H3,(H,15,16);3-6H,1,7-8H2,2H3,(H,11,12);1-2H3/b6-5-,8-7-;6-5-,9-4+;. The van der Waals surface area contributed by atoms with Crippen LogP contribution in [0.15, 0.2) is 60.8 Å². The van der Waals surface area contributed by atoms with Crippen LogP contribution in [-0.4, -0.2) is 28.9 Å². The molecule has 0 amide bonds. The number of aliphatic carboxylic acids is 1. The van der Waals surface area contributed by atoms with E-state index in [0.717, 1.165) is 12.8 Å². The van der Waals surface area contributed by atoms with Crippen molar-refractivity contribution in [3.05, 3.63) is 65.6 Å². The zero-order valence-electron chi connectivity index (χ0n) is 20.2. The largest absolute Gasteiger partial charge is 0.478 e. The van der Waals surface area contributed by atoms with Gasteiger partial charge in [0.25, 0.3) is 0 Å². The van der Waals surface area contributed by atoms with E-state index in [1.54, 1.807) is 26.1 Å². The number of allylic oxidation sites excluding steroid dienone is 8. The van der Waals surface area contributed by atoms with Crippen LogP contribution in [0.3, 0.4) is 0 Å². The van der Waals surface area contributed by atoms with E-state index in [4.69, 9.17) is 10.8 Å². The van der Waals surface area contributed by atoms with E-state index in [1.807, 2.05) is 57.2 Å². The lowest BCUT2D eigenvalue weighted by molar-refractivity contribution is -0.132. The third-order valence-electron chi connectivity index (χ3n) is 3.86. The predicted molar refractivity (Wildman–Crippen MR) is 139 cm³/mol. The van der Waals surface area contributed by atoms with Crippen LogP contribution >= 0.6 is 11.3 Å². The molecule has 32 heavy (non-hydrogen) atoms. The zero-order chi connectivity index (χ0) is 24.9. The van der Waals surface area contributed by atoms with Crippen LogP contribution in [0.25, 0.3) is 0 Å². The summed E-state index contributed by atoms with van der Waals surface area (Å²) >= 11 is 1.29. The van der Waals surface area contributed by atoms with E-state index in [2.05, 4.69) is 23.8 Å². The minimum Gasteiger partial charge on any atom is -0.478 e. The summed E-state index contributed by atoms with van der Waals surface area (Å²) in [6.45, 7) is 13.2. The number of carbonyl (C=O) groups excluding carboxylic acids is 1. The Labute approximate surface area is 197 Å². The predicted octanol–water partition coefficient (Wildman–Crippen LogP) is 6.67. The maximum Gasteiger partial charge on any atom is 0.331 e. The molecule has 0 saturated carbocycles. The number of nitrogens with one attached hydrogen (secondary N) is 1. The molecule has 4 N–H and O–H groups in total. The molecule has 1 atom stereocenters. The Morgan fingerprint density at radius 3 is 2.38 bits per heavy atom. The molecule has 0 aliphatic carbocycles. The first-order valence-electron chi connectivity index (χ1n) is 10.8. The molecule has 0 aliphatic rings. The number of aromatic nitrogens is 1. The molecule has 1 unspecified atom stereocenters. The first-order valence-corrected chi connectivity index (χ1v) is 11.6. The Bertz CT molecular complexity index is 805. The fraction of sp³-hybridized carbons (Fsp3) is 0.400. The number of hydrogen-bond donors (Lipinski definition) is 3. The van der Waals surface area contributed by atoms with Crippen molar-refractivity contribution in [2.45, 2.75) is 53.9 Å². The van der Waals surface area contributed by atoms with Crippen LogP contribution < -0.4 is 11.1 Å². The summed E-state index contributed by atoms with van der Waals surface area (Å²) in [5.74, 6) is -0.713. The summed E-state index contributed by atoms with van der Waals surface area (Å²) in [5.41, 5.74) is 6.19. The number of carboxylic acids is 1. The molecule has 0 aliphatic heterocycles. The number of carboxylic acid groups (broad SMARTS) is 1. The van der Waals surface area contributed by atoms with Gasteiger partial charge in [0.15, 0.2) is 10.9 Å². The number of hydrogen-bond acceptors (Lipinski definition) is 6. The molecule has 0 aromatic carbocycles. The van der Waals surface area contributed by atoms with Gasteiger partial charge in [-0.15, -0.1) is 0 Å². The molecular weight excluding hydrogens is 422 g/mol. The summed E-state index contributed by atoms with van der Waals surface area (Å²) in [6.07, 6.45) is 17.1. The van der Waals surface area contributed by atoms with Crippen molar-refractivity contribution in [2.75, 3.05) is 18.1 Å². The van der Waals surface area contributed by atoms with Crippen molar-refractivity contribution in [1.29, 1.82) is 0 Å². The van der Waals surface area contributed by atoms with E-state index in [-0.39, 0.29) is 11.7 Å². The molecule has 0 saturated heterocycles. The van der Waals surface area contributed by atoms with Gasteiger partial charge in [-0.05, 0) is 26.2 Å². The number of nitrogen functional groups attached to an aromatic ring is 1. The molecule has 1 rings (SSSR count). The van der Waals surface area contributed by atoms with Gasteiger partial charge in [0.1, 0.15) is 10.7 Å².